The molecule has 1 heterocycles. The maximum Gasteiger partial charge on any atom is 0.341 e. The summed E-state index contributed by atoms with van der Waals surface area (Å²) in [6.07, 6.45) is 4.18. The molecule has 0 saturated heterocycles. The summed E-state index contributed by atoms with van der Waals surface area (Å²) < 4.78 is 5.26. The molecular weight excluding hydrogens is 382 g/mol. The van der Waals surface area contributed by atoms with Gasteiger partial charge in [0.1, 0.15) is 5.00 Å². The third-order valence-corrected chi connectivity index (χ3v) is 6.52. The van der Waals surface area contributed by atoms with E-state index in [1.54, 1.807) is 13.0 Å². The first kappa shape index (κ1) is 19.9. The molecular formula is C21H24ClNO3S. The van der Waals surface area contributed by atoms with Gasteiger partial charge in [0.25, 0.3) is 0 Å². The Morgan fingerprint density at radius 2 is 2.07 bits per heavy atom. The van der Waals surface area contributed by atoms with Gasteiger partial charge in [0.05, 0.1) is 18.6 Å². The van der Waals surface area contributed by atoms with E-state index in [-0.39, 0.29) is 18.3 Å². The van der Waals surface area contributed by atoms with Gasteiger partial charge in [-0.3, -0.25) is 4.79 Å². The Balaban J connectivity index is 1.85. The summed E-state index contributed by atoms with van der Waals surface area (Å²) in [5.41, 5.74) is 2.36. The molecule has 4 nitrogen and oxygen atoms in total. The number of hydrogen-bond donors (Lipinski definition) is 1. The average molecular weight is 406 g/mol. The molecule has 0 aliphatic heterocycles. The van der Waals surface area contributed by atoms with Crippen molar-refractivity contribution >= 4 is 39.8 Å². The van der Waals surface area contributed by atoms with Crippen LogP contribution >= 0.6 is 22.9 Å². The Hall–Kier alpha value is -1.85. The van der Waals surface area contributed by atoms with Crippen molar-refractivity contribution in [1.82, 2.24) is 0 Å². The second kappa shape index (κ2) is 8.89. The van der Waals surface area contributed by atoms with Crippen LogP contribution in [0.15, 0.2) is 24.3 Å². The molecule has 0 unspecified atom stereocenters. The molecule has 144 valence electrons. The topological polar surface area (TPSA) is 55.4 Å². The molecule has 0 saturated carbocycles. The number of benzene rings is 1. The Kier molecular flexibility index (Phi) is 6.55. The lowest BCUT2D eigenvalue weighted by Crippen LogP contribution is -2.18. The molecule has 3 rings (SSSR count). The fraction of sp³-hybridized carbons (Fsp3) is 0.429. The van der Waals surface area contributed by atoms with Crippen LogP contribution in [0.4, 0.5) is 5.00 Å². The molecule has 27 heavy (non-hydrogen) atoms. The summed E-state index contributed by atoms with van der Waals surface area (Å²) in [5.74, 6) is 0.107. The molecule has 0 fully saturated rings. The van der Waals surface area contributed by atoms with Crippen LogP contribution in [0, 0.1) is 5.92 Å². The highest BCUT2D eigenvalue weighted by atomic mass is 35.5. The number of rotatable bonds is 6. The SMILES string of the molecule is CCOC(=O)c1c(NC(=O)Cc2ccccc2Cl)sc2c1CC[C@@H](CC)C2. The van der Waals surface area contributed by atoms with E-state index in [9.17, 15) is 9.59 Å². The lowest BCUT2D eigenvalue weighted by atomic mass is 9.85. The van der Waals surface area contributed by atoms with E-state index in [0.29, 0.717) is 28.1 Å². The number of halogens is 1. The minimum atomic E-state index is -0.349. The molecule has 1 aromatic heterocycles. The predicted octanol–water partition coefficient (Wildman–Crippen LogP) is 5.27. The molecule has 0 radical (unpaired) electrons. The number of carbonyl (C=O) groups is 2. The largest absolute Gasteiger partial charge is 0.462 e. The second-order valence-electron chi connectivity index (χ2n) is 6.76. The second-order valence-corrected chi connectivity index (χ2v) is 8.27. The van der Waals surface area contributed by atoms with E-state index in [1.165, 1.54) is 16.2 Å². The number of amides is 1. The number of carbonyl (C=O) groups excluding carboxylic acids is 2. The quantitative estimate of drug-likeness (QED) is 0.665. The molecule has 1 aliphatic rings. The summed E-state index contributed by atoms with van der Waals surface area (Å²) >= 11 is 7.67. The van der Waals surface area contributed by atoms with Gasteiger partial charge >= 0.3 is 5.97 Å². The van der Waals surface area contributed by atoms with E-state index in [0.717, 1.165) is 36.8 Å². The molecule has 1 aromatic carbocycles. The van der Waals surface area contributed by atoms with E-state index >= 15 is 0 Å². The molecule has 0 spiro atoms. The monoisotopic (exact) mass is 405 g/mol. The maximum atomic E-state index is 12.6. The summed E-state index contributed by atoms with van der Waals surface area (Å²) in [5, 5.41) is 4.10. The van der Waals surface area contributed by atoms with E-state index < -0.39 is 0 Å². The number of nitrogens with one attached hydrogen (secondary N) is 1. The lowest BCUT2D eigenvalue weighted by Gasteiger charge is -2.20. The first-order valence-electron chi connectivity index (χ1n) is 9.38. The zero-order chi connectivity index (χ0) is 19.4. The van der Waals surface area contributed by atoms with E-state index in [2.05, 4.69) is 12.2 Å². The fourth-order valence-corrected chi connectivity index (χ4v) is 5.06. The Bertz CT molecular complexity index is 846. The average Bonchev–Trinajstić information content (AvgIpc) is 3.00. The fourth-order valence-electron chi connectivity index (χ4n) is 3.50. The van der Waals surface area contributed by atoms with Crippen molar-refractivity contribution in [3.8, 4) is 0 Å². The van der Waals surface area contributed by atoms with Crippen LogP contribution < -0.4 is 5.32 Å². The maximum absolute atomic E-state index is 12.6. The number of fused-ring (bicyclic) bond motifs is 1. The van der Waals surface area contributed by atoms with Gasteiger partial charge in [0.2, 0.25) is 5.91 Å². The molecule has 6 heteroatoms. The van der Waals surface area contributed by atoms with Crippen LogP contribution in [-0.2, 0) is 28.8 Å². The molecule has 1 N–H and O–H groups in total. The van der Waals surface area contributed by atoms with Gasteiger partial charge in [-0.2, -0.15) is 0 Å². The number of esters is 1. The third kappa shape index (κ3) is 4.53. The Labute approximate surface area is 168 Å². The highest BCUT2D eigenvalue weighted by Crippen LogP contribution is 2.40. The van der Waals surface area contributed by atoms with Crippen LogP contribution in [0.5, 0.6) is 0 Å². The van der Waals surface area contributed by atoms with Gasteiger partial charge in [-0.15, -0.1) is 11.3 Å². The van der Waals surface area contributed by atoms with E-state index in [1.807, 2.05) is 18.2 Å². The van der Waals surface area contributed by atoms with Crippen LogP contribution in [-0.4, -0.2) is 18.5 Å². The summed E-state index contributed by atoms with van der Waals surface area (Å²) in [6.45, 7) is 4.30. The zero-order valence-corrected chi connectivity index (χ0v) is 17.2. The summed E-state index contributed by atoms with van der Waals surface area (Å²) in [6, 6.07) is 7.29. The van der Waals surface area contributed by atoms with Gasteiger partial charge in [-0.25, -0.2) is 4.79 Å². The molecule has 1 aliphatic carbocycles. The van der Waals surface area contributed by atoms with Crippen LogP contribution in [0.3, 0.4) is 0 Å². The zero-order valence-electron chi connectivity index (χ0n) is 15.6. The molecule has 2 aromatic rings. The molecule has 0 bridgehead atoms. The molecule has 1 atom stereocenters. The predicted molar refractivity (Wildman–Crippen MR) is 110 cm³/mol. The first-order chi connectivity index (χ1) is 13.0. The standard InChI is InChI=1S/C21H24ClNO3S/c1-3-13-9-10-15-17(11-13)27-20(19(15)21(25)26-4-2)23-18(24)12-14-7-5-6-8-16(14)22/h5-8,13H,3-4,9-12H2,1-2H3,(H,23,24)/t13-/m1/s1. The van der Waals surface area contributed by atoms with Gasteiger partial charge in [-0.05, 0) is 49.3 Å². The van der Waals surface area contributed by atoms with Crippen molar-refractivity contribution in [2.24, 2.45) is 5.92 Å². The van der Waals surface area contributed by atoms with Crippen molar-refractivity contribution in [3.05, 3.63) is 50.9 Å². The normalized spacial score (nSPS) is 15.9. The van der Waals surface area contributed by atoms with Crippen LogP contribution in [0.1, 0.15) is 53.1 Å². The van der Waals surface area contributed by atoms with Gasteiger partial charge in [0, 0.05) is 9.90 Å². The van der Waals surface area contributed by atoms with E-state index in [4.69, 9.17) is 16.3 Å². The third-order valence-electron chi connectivity index (χ3n) is 4.99. The number of thiophene rings is 1. The lowest BCUT2D eigenvalue weighted by molar-refractivity contribution is -0.115. The van der Waals surface area contributed by atoms with Gasteiger partial charge < -0.3 is 10.1 Å². The summed E-state index contributed by atoms with van der Waals surface area (Å²) in [7, 11) is 0. The smallest absolute Gasteiger partial charge is 0.341 e. The van der Waals surface area contributed by atoms with Crippen LogP contribution in [0.2, 0.25) is 5.02 Å². The Morgan fingerprint density at radius 3 is 2.78 bits per heavy atom. The first-order valence-corrected chi connectivity index (χ1v) is 10.6. The number of hydrogen-bond acceptors (Lipinski definition) is 4. The number of anilines is 1. The minimum Gasteiger partial charge on any atom is -0.462 e. The summed E-state index contributed by atoms with van der Waals surface area (Å²) in [4.78, 5) is 26.3. The van der Waals surface area contributed by atoms with Crippen LogP contribution in [0.25, 0.3) is 0 Å². The van der Waals surface area contributed by atoms with Gasteiger partial charge in [-0.1, -0.05) is 43.1 Å². The van der Waals surface area contributed by atoms with Crippen molar-refractivity contribution < 1.29 is 14.3 Å². The number of ether oxygens (including phenoxy) is 1. The van der Waals surface area contributed by atoms with Gasteiger partial charge in [0.15, 0.2) is 0 Å². The van der Waals surface area contributed by atoms with Crippen molar-refractivity contribution in [1.29, 1.82) is 0 Å². The van der Waals surface area contributed by atoms with Crippen molar-refractivity contribution in [3.63, 3.8) is 0 Å². The van der Waals surface area contributed by atoms with Crippen molar-refractivity contribution in [2.45, 2.75) is 46.0 Å². The highest BCUT2D eigenvalue weighted by Gasteiger charge is 2.29. The van der Waals surface area contributed by atoms with Crippen molar-refractivity contribution in [2.75, 3.05) is 11.9 Å². The Morgan fingerprint density at radius 1 is 1.30 bits per heavy atom. The minimum absolute atomic E-state index is 0.169. The highest BCUT2D eigenvalue weighted by molar-refractivity contribution is 7.17. The molecule has 1 amide bonds.